The van der Waals surface area contributed by atoms with Crippen LogP contribution in [0, 0.1) is 0 Å². The van der Waals surface area contributed by atoms with E-state index in [0.29, 0.717) is 5.56 Å². The highest BCUT2D eigenvalue weighted by Crippen LogP contribution is 2.26. The Morgan fingerprint density at radius 1 is 1.32 bits per heavy atom. The van der Waals surface area contributed by atoms with Crippen molar-refractivity contribution in [3.05, 3.63) is 53.5 Å². The average molecular weight is 260 g/mol. The van der Waals surface area contributed by atoms with Crippen molar-refractivity contribution in [2.24, 2.45) is 0 Å². The summed E-state index contributed by atoms with van der Waals surface area (Å²) >= 11 is 0. The molecule has 98 valence electrons. The lowest BCUT2D eigenvalue weighted by Gasteiger charge is -2.09. The van der Waals surface area contributed by atoms with Crippen molar-refractivity contribution >= 4 is 17.5 Å². The highest BCUT2D eigenvalue weighted by Gasteiger charge is 2.27. The van der Waals surface area contributed by atoms with Crippen LogP contribution in [0.1, 0.15) is 12.5 Å². The van der Waals surface area contributed by atoms with Crippen molar-refractivity contribution in [1.29, 1.82) is 0 Å². The number of hydrogen-bond acceptors (Lipinski definition) is 5. The summed E-state index contributed by atoms with van der Waals surface area (Å²) in [6.45, 7) is 1.88. The molecule has 0 aromatic heterocycles. The molecule has 1 aromatic carbocycles. The van der Waals surface area contributed by atoms with E-state index in [9.17, 15) is 14.7 Å². The van der Waals surface area contributed by atoms with Crippen molar-refractivity contribution in [3.8, 4) is 0 Å². The molecule has 19 heavy (non-hydrogen) atoms. The minimum atomic E-state index is -0.882. The van der Waals surface area contributed by atoms with Crippen LogP contribution in [0.3, 0.4) is 0 Å². The molecule has 0 fully saturated rings. The summed E-state index contributed by atoms with van der Waals surface area (Å²) in [6, 6.07) is 8.67. The fourth-order valence-electron chi connectivity index (χ4n) is 1.66. The molecule has 0 radical (unpaired) electrons. The number of ether oxygens (including phenoxy) is 2. The molecule has 1 N–H and O–H groups in total. The van der Waals surface area contributed by atoms with Crippen LogP contribution in [0.4, 0.5) is 0 Å². The van der Waals surface area contributed by atoms with Crippen molar-refractivity contribution in [1.82, 2.24) is 0 Å². The van der Waals surface area contributed by atoms with E-state index >= 15 is 0 Å². The highest BCUT2D eigenvalue weighted by atomic mass is 16.6. The zero-order valence-electron chi connectivity index (χ0n) is 10.3. The molecule has 2 rings (SSSR count). The number of cyclic esters (lactones) is 1. The Bertz CT molecular complexity index is 569. The fourth-order valence-corrected chi connectivity index (χ4v) is 1.66. The van der Waals surface area contributed by atoms with Gasteiger partial charge >= 0.3 is 11.9 Å². The number of rotatable bonds is 3. The van der Waals surface area contributed by atoms with Crippen LogP contribution in [-0.4, -0.2) is 23.7 Å². The quantitative estimate of drug-likeness (QED) is 0.664. The first kappa shape index (κ1) is 12.9. The molecular weight excluding hydrogens is 248 g/mol. The molecule has 5 nitrogen and oxygen atoms in total. The van der Waals surface area contributed by atoms with E-state index < -0.39 is 17.7 Å². The van der Waals surface area contributed by atoms with E-state index in [1.807, 2.05) is 0 Å². The minimum absolute atomic E-state index is 0.00727. The van der Waals surface area contributed by atoms with Gasteiger partial charge in [-0.25, -0.2) is 9.59 Å². The Morgan fingerprint density at radius 3 is 2.53 bits per heavy atom. The van der Waals surface area contributed by atoms with Gasteiger partial charge in [0.1, 0.15) is 11.3 Å². The molecule has 0 saturated carbocycles. The number of hydrogen-bond donors (Lipinski definition) is 1. The topological polar surface area (TPSA) is 72.8 Å². The predicted octanol–water partition coefficient (Wildman–Crippen LogP) is 1.96. The Labute approximate surface area is 109 Å². The standard InChI is InChI=1S/C14H12O5/c1-2-18-14(17)12(9-6-4-3-5-7-9)11-8-10(15)13(16)19-11/h3-8,15H,2H2,1H3/b12-11+. The van der Waals surface area contributed by atoms with Gasteiger partial charge in [-0.3, -0.25) is 0 Å². The third kappa shape index (κ3) is 2.65. The van der Waals surface area contributed by atoms with Gasteiger partial charge in [-0.1, -0.05) is 30.3 Å². The third-order valence-electron chi connectivity index (χ3n) is 2.47. The molecule has 0 atom stereocenters. The molecule has 1 aliphatic rings. The number of allylic oxidation sites excluding steroid dienone is 1. The van der Waals surface area contributed by atoms with Gasteiger partial charge < -0.3 is 14.6 Å². The van der Waals surface area contributed by atoms with E-state index in [0.717, 1.165) is 6.08 Å². The number of esters is 2. The zero-order valence-corrected chi connectivity index (χ0v) is 10.3. The van der Waals surface area contributed by atoms with Crippen molar-refractivity contribution in [3.63, 3.8) is 0 Å². The number of carbonyl (C=O) groups is 2. The van der Waals surface area contributed by atoms with Crippen LogP contribution in [-0.2, 0) is 19.1 Å². The lowest BCUT2D eigenvalue weighted by atomic mass is 10.0. The summed E-state index contributed by atoms with van der Waals surface area (Å²) in [6.07, 6.45) is 1.11. The molecule has 0 unspecified atom stereocenters. The normalized spacial score (nSPS) is 16.7. The highest BCUT2D eigenvalue weighted by molar-refractivity contribution is 6.18. The van der Waals surface area contributed by atoms with E-state index in [4.69, 9.17) is 9.47 Å². The molecule has 1 aromatic rings. The monoisotopic (exact) mass is 260 g/mol. The van der Waals surface area contributed by atoms with Gasteiger partial charge in [0.2, 0.25) is 5.76 Å². The Balaban J connectivity index is 2.51. The lowest BCUT2D eigenvalue weighted by Crippen LogP contribution is -2.10. The molecule has 1 aliphatic heterocycles. The summed E-state index contributed by atoms with van der Waals surface area (Å²) in [4.78, 5) is 23.1. The number of aliphatic hydroxyl groups is 1. The maximum Gasteiger partial charge on any atom is 0.378 e. The number of carbonyl (C=O) groups excluding carboxylic acids is 2. The van der Waals surface area contributed by atoms with Gasteiger partial charge in [0.15, 0.2) is 0 Å². The van der Waals surface area contributed by atoms with Crippen LogP contribution < -0.4 is 0 Å². The van der Waals surface area contributed by atoms with Gasteiger partial charge in [-0.15, -0.1) is 0 Å². The summed E-state index contributed by atoms with van der Waals surface area (Å²) in [5, 5.41) is 9.28. The average Bonchev–Trinajstić information content (AvgIpc) is 2.71. The zero-order chi connectivity index (χ0) is 13.8. The molecular formula is C14H12O5. The van der Waals surface area contributed by atoms with Gasteiger partial charge in [-0.05, 0) is 12.5 Å². The summed E-state index contributed by atoms with van der Waals surface area (Å²) in [5.74, 6) is -2.03. The minimum Gasteiger partial charge on any atom is -0.502 e. The van der Waals surface area contributed by atoms with Gasteiger partial charge in [0, 0.05) is 6.08 Å². The van der Waals surface area contributed by atoms with Gasteiger partial charge in [-0.2, -0.15) is 0 Å². The second-order valence-corrected chi connectivity index (χ2v) is 3.74. The first-order valence-electron chi connectivity index (χ1n) is 5.73. The summed E-state index contributed by atoms with van der Waals surface area (Å²) < 4.78 is 9.80. The Hall–Kier alpha value is -2.56. The second kappa shape index (κ2) is 5.39. The Kier molecular flexibility index (Phi) is 3.66. The van der Waals surface area contributed by atoms with Crippen LogP contribution in [0.5, 0.6) is 0 Å². The van der Waals surface area contributed by atoms with E-state index in [1.54, 1.807) is 37.3 Å². The van der Waals surface area contributed by atoms with E-state index in [1.165, 1.54) is 0 Å². The van der Waals surface area contributed by atoms with Crippen LogP contribution in [0.2, 0.25) is 0 Å². The first-order valence-corrected chi connectivity index (χ1v) is 5.73. The number of benzene rings is 1. The molecule has 0 amide bonds. The smallest absolute Gasteiger partial charge is 0.378 e. The molecule has 5 heteroatoms. The van der Waals surface area contributed by atoms with Crippen molar-refractivity contribution < 1.29 is 24.2 Å². The number of aliphatic hydroxyl groups excluding tert-OH is 1. The molecule has 0 saturated heterocycles. The van der Waals surface area contributed by atoms with Gasteiger partial charge in [0.25, 0.3) is 0 Å². The Morgan fingerprint density at radius 2 is 2.00 bits per heavy atom. The van der Waals surface area contributed by atoms with E-state index in [2.05, 4.69) is 0 Å². The largest absolute Gasteiger partial charge is 0.502 e. The maximum atomic E-state index is 12.0. The lowest BCUT2D eigenvalue weighted by molar-refractivity contribution is -0.136. The second-order valence-electron chi connectivity index (χ2n) is 3.74. The van der Waals surface area contributed by atoms with E-state index in [-0.39, 0.29) is 17.9 Å². The first-order chi connectivity index (χ1) is 9.13. The van der Waals surface area contributed by atoms with Crippen LogP contribution >= 0.6 is 0 Å². The van der Waals surface area contributed by atoms with Crippen molar-refractivity contribution in [2.45, 2.75) is 6.92 Å². The van der Waals surface area contributed by atoms with Gasteiger partial charge in [0.05, 0.1) is 6.61 Å². The fraction of sp³-hybridized carbons (Fsp3) is 0.143. The molecule has 0 bridgehead atoms. The predicted molar refractivity (Wildman–Crippen MR) is 66.8 cm³/mol. The molecule has 0 spiro atoms. The third-order valence-corrected chi connectivity index (χ3v) is 2.47. The van der Waals surface area contributed by atoms with Crippen LogP contribution in [0.15, 0.2) is 47.9 Å². The summed E-state index contributed by atoms with van der Waals surface area (Å²) in [5.41, 5.74) is 0.662. The maximum absolute atomic E-state index is 12.0. The van der Waals surface area contributed by atoms with Crippen molar-refractivity contribution in [2.75, 3.05) is 6.61 Å². The SMILES string of the molecule is CCOC(=O)/C(=C1\C=C(O)C(=O)O1)c1ccccc1. The van der Waals surface area contributed by atoms with Crippen LogP contribution in [0.25, 0.3) is 5.57 Å². The molecule has 1 heterocycles. The molecule has 0 aliphatic carbocycles. The summed E-state index contributed by atoms with van der Waals surface area (Å²) in [7, 11) is 0.